The van der Waals surface area contributed by atoms with Gasteiger partial charge in [0.05, 0.1) is 19.0 Å². The summed E-state index contributed by atoms with van der Waals surface area (Å²) in [7, 11) is 0. The summed E-state index contributed by atoms with van der Waals surface area (Å²) >= 11 is 1.64. The number of carbonyl (C=O) groups excluding carboxylic acids is 2. The number of amides is 2. The van der Waals surface area contributed by atoms with Crippen molar-refractivity contribution in [3.8, 4) is 11.5 Å². The first kappa shape index (κ1) is 24.5. The number of benzene rings is 1. The van der Waals surface area contributed by atoms with Gasteiger partial charge < -0.3 is 19.7 Å². The number of nitrogens with zero attached hydrogens (tertiary/aromatic N) is 2. The lowest BCUT2D eigenvalue weighted by molar-refractivity contribution is -0.128. The van der Waals surface area contributed by atoms with Crippen LogP contribution in [0.2, 0.25) is 0 Å². The number of hydrogen-bond donors (Lipinski definition) is 1. The van der Waals surface area contributed by atoms with Gasteiger partial charge in [-0.3, -0.25) is 14.5 Å². The monoisotopic (exact) mass is 485 g/mol. The quantitative estimate of drug-likeness (QED) is 0.580. The van der Waals surface area contributed by atoms with Crippen LogP contribution in [0.5, 0.6) is 11.5 Å². The van der Waals surface area contributed by atoms with Crippen LogP contribution in [-0.4, -0.2) is 55.6 Å². The maximum Gasteiger partial charge on any atom is 0.241 e. The number of carbonyl (C=O) groups is 2. The SMILES string of the molecule is CCCC(C)NC(=O)C1CCCN(CC(=O)N(Cc2cccs2)c2ccc3c(c2)OCCO3)C1. The van der Waals surface area contributed by atoms with Crippen LogP contribution in [0.25, 0.3) is 0 Å². The molecule has 1 aromatic heterocycles. The Morgan fingerprint density at radius 3 is 2.82 bits per heavy atom. The van der Waals surface area contributed by atoms with Gasteiger partial charge in [0.15, 0.2) is 11.5 Å². The van der Waals surface area contributed by atoms with Crippen molar-refractivity contribution in [3.05, 3.63) is 40.6 Å². The Labute approximate surface area is 206 Å². The third-order valence-electron chi connectivity index (χ3n) is 6.38. The van der Waals surface area contributed by atoms with E-state index in [-0.39, 0.29) is 30.3 Å². The van der Waals surface area contributed by atoms with Crippen molar-refractivity contribution in [2.75, 3.05) is 37.7 Å². The molecule has 0 saturated carbocycles. The predicted molar refractivity (Wildman–Crippen MR) is 135 cm³/mol. The number of piperidine rings is 1. The highest BCUT2D eigenvalue weighted by molar-refractivity contribution is 7.09. The molecular weight excluding hydrogens is 450 g/mol. The lowest BCUT2D eigenvalue weighted by Crippen LogP contribution is -2.48. The molecule has 1 fully saturated rings. The average Bonchev–Trinajstić information content (AvgIpc) is 3.36. The first-order valence-electron chi connectivity index (χ1n) is 12.3. The van der Waals surface area contributed by atoms with Crippen molar-refractivity contribution in [1.82, 2.24) is 10.2 Å². The standard InChI is InChI=1S/C26H35N3O4S/c1-3-6-19(2)27-26(31)20-7-4-11-28(16-20)18-25(30)29(17-22-8-5-14-34-22)21-9-10-23-24(15-21)33-13-12-32-23/h5,8-10,14-15,19-20H,3-4,6-7,11-13,16-18H2,1-2H3,(H,27,31). The van der Waals surface area contributed by atoms with Crippen LogP contribution in [0.1, 0.15) is 44.4 Å². The average molecular weight is 486 g/mol. The molecule has 1 N–H and O–H groups in total. The number of nitrogens with one attached hydrogen (secondary N) is 1. The lowest BCUT2D eigenvalue weighted by Gasteiger charge is -2.34. The molecule has 1 saturated heterocycles. The third kappa shape index (κ3) is 6.30. The number of thiophene rings is 1. The molecule has 7 nitrogen and oxygen atoms in total. The van der Waals surface area contributed by atoms with E-state index >= 15 is 0 Å². The number of hydrogen-bond acceptors (Lipinski definition) is 6. The van der Waals surface area contributed by atoms with E-state index in [0.29, 0.717) is 37.8 Å². The van der Waals surface area contributed by atoms with Gasteiger partial charge in [0, 0.05) is 29.2 Å². The Hall–Kier alpha value is -2.58. The van der Waals surface area contributed by atoms with Crippen LogP contribution in [0.15, 0.2) is 35.7 Å². The van der Waals surface area contributed by atoms with Crippen molar-refractivity contribution in [2.45, 2.75) is 52.1 Å². The zero-order chi connectivity index (χ0) is 23.9. The summed E-state index contributed by atoms with van der Waals surface area (Å²) in [4.78, 5) is 31.4. The van der Waals surface area contributed by atoms with E-state index in [2.05, 4.69) is 24.1 Å². The Morgan fingerprint density at radius 1 is 1.24 bits per heavy atom. The van der Waals surface area contributed by atoms with Crippen LogP contribution >= 0.6 is 11.3 Å². The highest BCUT2D eigenvalue weighted by Crippen LogP contribution is 2.35. The summed E-state index contributed by atoms with van der Waals surface area (Å²) < 4.78 is 11.4. The van der Waals surface area contributed by atoms with Gasteiger partial charge in [0.1, 0.15) is 13.2 Å². The van der Waals surface area contributed by atoms with E-state index in [0.717, 1.165) is 42.8 Å². The second kappa shape index (κ2) is 11.7. The molecule has 4 rings (SSSR count). The Morgan fingerprint density at radius 2 is 2.06 bits per heavy atom. The molecule has 34 heavy (non-hydrogen) atoms. The molecule has 2 unspecified atom stereocenters. The molecule has 2 amide bonds. The Kier molecular flexibility index (Phi) is 8.45. The molecular formula is C26H35N3O4S. The van der Waals surface area contributed by atoms with Gasteiger partial charge >= 0.3 is 0 Å². The third-order valence-corrected chi connectivity index (χ3v) is 7.24. The van der Waals surface area contributed by atoms with Crippen molar-refractivity contribution >= 4 is 28.8 Å². The summed E-state index contributed by atoms with van der Waals surface area (Å²) in [5.74, 6) is 1.44. The number of fused-ring (bicyclic) bond motifs is 1. The molecule has 2 atom stereocenters. The number of likely N-dealkylation sites (tertiary alicyclic amines) is 1. The summed E-state index contributed by atoms with van der Waals surface area (Å²) in [6, 6.07) is 9.91. The first-order chi connectivity index (χ1) is 16.5. The highest BCUT2D eigenvalue weighted by Gasteiger charge is 2.29. The second-order valence-corrected chi connectivity index (χ2v) is 10.2. The largest absolute Gasteiger partial charge is 0.486 e. The molecule has 0 bridgehead atoms. The summed E-state index contributed by atoms with van der Waals surface area (Å²) in [6.07, 6.45) is 3.82. The van der Waals surface area contributed by atoms with Crippen molar-refractivity contribution in [2.24, 2.45) is 5.92 Å². The normalized spacial score (nSPS) is 18.8. The molecule has 8 heteroatoms. The fourth-order valence-electron chi connectivity index (χ4n) is 4.64. The molecule has 2 aliphatic rings. The number of ether oxygens (including phenoxy) is 2. The summed E-state index contributed by atoms with van der Waals surface area (Å²) in [6.45, 7) is 7.45. The van der Waals surface area contributed by atoms with Crippen molar-refractivity contribution in [1.29, 1.82) is 0 Å². The van der Waals surface area contributed by atoms with Crippen LogP contribution in [0.4, 0.5) is 5.69 Å². The molecule has 3 heterocycles. The van der Waals surface area contributed by atoms with Gasteiger partial charge in [0.2, 0.25) is 11.8 Å². The smallest absolute Gasteiger partial charge is 0.241 e. The van der Waals surface area contributed by atoms with Crippen LogP contribution < -0.4 is 19.7 Å². The zero-order valence-electron chi connectivity index (χ0n) is 20.1. The first-order valence-corrected chi connectivity index (χ1v) is 13.2. The predicted octanol–water partition coefficient (Wildman–Crippen LogP) is 4.07. The second-order valence-electron chi connectivity index (χ2n) is 9.16. The van der Waals surface area contributed by atoms with Gasteiger partial charge in [-0.25, -0.2) is 0 Å². The molecule has 1 aromatic carbocycles. The molecule has 0 aliphatic carbocycles. The summed E-state index contributed by atoms with van der Waals surface area (Å²) in [5, 5.41) is 5.17. The number of rotatable bonds is 9. The van der Waals surface area contributed by atoms with E-state index < -0.39 is 0 Å². The summed E-state index contributed by atoms with van der Waals surface area (Å²) in [5.41, 5.74) is 0.794. The molecule has 2 aromatic rings. The molecule has 0 spiro atoms. The maximum atomic E-state index is 13.6. The van der Waals surface area contributed by atoms with Crippen LogP contribution in [-0.2, 0) is 16.1 Å². The lowest BCUT2D eigenvalue weighted by atomic mass is 9.96. The van der Waals surface area contributed by atoms with Crippen molar-refractivity contribution < 1.29 is 19.1 Å². The topological polar surface area (TPSA) is 71.1 Å². The van der Waals surface area contributed by atoms with E-state index in [1.54, 1.807) is 11.3 Å². The fourth-order valence-corrected chi connectivity index (χ4v) is 5.33. The van der Waals surface area contributed by atoms with Gasteiger partial charge in [-0.2, -0.15) is 0 Å². The van der Waals surface area contributed by atoms with Crippen LogP contribution in [0.3, 0.4) is 0 Å². The molecule has 2 aliphatic heterocycles. The maximum absolute atomic E-state index is 13.6. The van der Waals surface area contributed by atoms with Gasteiger partial charge in [0.25, 0.3) is 0 Å². The van der Waals surface area contributed by atoms with Gasteiger partial charge in [-0.15, -0.1) is 11.3 Å². The van der Waals surface area contributed by atoms with E-state index in [9.17, 15) is 9.59 Å². The fraction of sp³-hybridized carbons (Fsp3) is 0.538. The van der Waals surface area contributed by atoms with Gasteiger partial charge in [-0.1, -0.05) is 19.4 Å². The molecule has 0 radical (unpaired) electrons. The minimum atomic E-state index is -0.0686. The highest BCUT2D eigenvalue weighted by atomic mass is 32.1. The van der Waals surface area contributed by atoms with E-state index in [1.807, 2.05) is 40.6 Å². The van der Waals surface area contributed by atoms with E-state index in [4.69, 9.17) is 9.47 Å². The minimum Gasteiger partial charge on any atom is -0.486 e. The van der Waals surface area contributed by atoms with Crippen molar-refractivity contribution in [3.63, 3.8) is 0 Å². The van der Waals surface area contributed by atoms with Gasteiger partial charge in [-0.05, 0) is 56.3 Å². The number of anilines is 1. The Balaban J connectivity index is 1.44. The molecule has 184 valence electrons. The Bertz CT molecular complexity index is 965. The van der Waals surface area contributed by atoms with Crippen LogP contribution in [0, 0.1) is 5.92 Å². The van der Waals surface area contributed by atoms with E-state index in [1.165, 1.54) is 0 Å². The minimum absolute atomic E-state index is 0.0190. The zero-order valence-corrected chi connectivity index (χ0v) is 20.9.